The predicted octanol–water partition coefficient (Wildman–Crippen LogP) is 21.8. The summed E-state index contributed by atoms with van der Waals surface area (Å²) in [6.07, 6.45) is 4.06. The van der Waals surface area contributed by atoms with Gasteiger partial charge in [-0.2, -0.15) is 18.2 Å². The van der Waals surface area contributed by atoms with Crippen LogP contribution in [0.5, 0.6) is 11.5 Å². The Hall–Kier alpha value is -7.20. The van der Waals surface area contributed by atoms with Crippen LogP contribution in [0.3, 0.4) is 0 Å². The van der Waals surface area contributed by atoms with E-state index < -0.39 is 23.5 Å². The summed E-state index contributed by atoms with van der Waals surface area (Å²) < 4.78 is 88.1. The van der Waals surface area contributed by atoms with Crippen molar-refractivity contribution in [2.75, 3.05) is 15.1 Å². The fraction of sp³-hybridized carbons (Fsp3) is 0.308. The molecule has 2 aliphatic rings. The average Bonchev–Trinajstić information content (AvgIpc) is 1.69. The predicted molar refractivity (Wildman–Crippen MR) is 351 cm³/mol. The van der Waals surface area contributed by atoms with Gasteiger partial charge in [-0.25, -0.2) is 4.98 Å². The summed E-state index contributed by atoms with van der Waals surface area (Å²) in [5.74, 6) is 1.24. The van der Waals surface area contributed by atoms with Crippen molar-refractivity contribution in [3.63, 3.8) is 0 Å². The number of nitrogens with one attached hydrogen (secondary N) is 1. The van der Waals surface area contributed by atoms with Gasteiger partial charge in [0.2, 0.25) is 0 Å². The van der Waals surface area contributed by atoms with Crippen molar-refractivity contribution < 1.29 is 38.1 Å². The monoisotopic (exact) mass is 1300 g/mol. The van der Waals surface area contributed by atoms with Crippen molar-refractivity contribution in [1.82, 2.24) is 4.98 Å². The van der Waals surface area contributed by atoms with Gasteiger partial charge in [-0.15, -0.1) is 47.7 Å². The molecule has 84 heavy (non-hydrogen) atoms. The normalized spacial score (nSPS) is 16.3. The molecule has 1 aromatic heterocycles. The maximum atomic E-state index is 9.34. The van der Waals surface area contributed by atoms with Crippen LogP contribution in [0.15, 0.2) is 176 Å². The fourth-order valence-corrected chi connectivity index (χ4v) is 11.8. The number of hydrogen-bond donors (Lipinski definition) is 1. The molecular weight excluding hydrogens is 1200 g/mol. The zero-order valence-electron chi connectivity index (χ0n) is 60.6. The van der Waals surface area contributed by atoms with Crippen molar-refractivity contribution in [2.45, 2.75) is 156 Å². The number of hydrogen-bond acceptors (Lipinski definition) is 5. The number of ether oxygens (including phenoxy) is 1. The SMILES string of the molecule is [2H]c1c([2H])c([2H])c(-c2cccc(-c3cc(C(C)(C)C)cc(C(C)(C)C)c3)c2N2[CH-]N(c3[c-]c(Oc4[c-]cc(-c5c([2H])c([2H])c([2H])c([2H])c5Nc5cc(C(C)(C)C)c(-c6cccc7c6C(C)(C)CCC7(C)C)cn5)cc4)c(C(C)(C)C)cc3)c3ccccc32)c([2H])c1[2H].[Pt]. The Morgan fingerprint density at radius 2 is 1.17 bits per heavy atom. The second-order valence-corrected chi connectivity index (χ2v) is 28.0. The van der Waals surface area contributed by atoms with E-state index in [4.69, 9.17) is 16.6 Å². The summed E-state index contributed by atoms with van der Waals surface area (Å²) in [4.78, 5) is 9.08. The second kappa shape index (κ2) is 22.3. The van der Waals surface area contributed by atoms with Gasteiger partial charge in [-0.05, 0) is 109 Å². The molecule has 9 aromatic rings. The third kappa shape index (κ3) is 11.8. The topological polar surface area (TPSA) is 40.6 Å². The molecule has 6 heteroatoms. The molecule has 0 radical (unpaired) electrons. The van der Waals surface area contributed by atoms with E-state index in [1.807, 2.05) is 83.3 Å². The Kier molecular flexibility index (Phi) is 13.1. The number of anilines is 6. The second-order valence-electron chi connectivity index (χ2n) is 28.0. The van der Waals surface area contributed by atoms with Crippen LogP contribution in [-0.2, 0) is 53.6 Å². The van der Waals surface area contributed by atoms with Gasteiger partial charge in [0.15, 0.2) is 0 Å². The molecule has 8 aromatic carbocycles. The Labute approximate surface area is 529 Å². The van der Waals surface area contributed by atoms with Gasteiger partial charge in [0.25, 0.3) is 0 Å². The van der Waals surface area contributed by atoms with E-state index >= 15 is 0 Å². The number of rotatable bonds is 10. The first-order chi connectivity index (χ1) is 42.9. The molecule has 0 atom stereocenters. The summed E-state index contributed by atoms with van der Waals surface area (Å²) in [5, 5.41) is 3.39. The zero-order valence-corrected chi connectivity index (χ0v) is 53.9. The molecule has 0 fully saturated rings. The standard InChI is InChI=1S/C78H83N4O.Pt/c1-73(2,3)54-44-53(45-55(46-54)74(4,5)6)60-30-24-29-59(51-26-18-17-19-27-51)72(60)82-50-81(67-34-22-23-35-68(67)82)56-38-41-63(75(7,8)9)69(47-56)83-57-39-36-52(37-40-57)58-28-20-21-33-66(58)80-70-48-65(76(10,11)12)62(49-79-70)61-31-25-32-64-71(61)78(15,16)43-42-77(64,13)14;/h17-39,41,44-46,48-50H,42-43H2,1-16H3,(H,79,80);/q-3;/i17D,18D,19D,20D,21D,26D,27D,28D,33D;. The zero-order chi connectivity index (χ0) is 66.9. The maximum Gasteiger partial charge on any atom is 0.130 e. The van der Waals surface area contributed by atoms with Crippen LogP contribution in [0, 0.1) is 18.8 Å². The van der Waals surface area contributed by atoms with Crippen molar-refractivity contribution in [1.29, 1.82) is 0 Å². The summed E-state index contributed by atoms with van der Waals surface area (Å²) in [6.45, 7) is 37.3. The smallest absolute Gasteiger partial charge is 0.130 e. The molecule has 0 bridgehead atoms. The molecule has 0 saturated heterocycles. The molecule has 0 unspecified atom stereocenters. The average molecular weight is 1300 g/mol. The van der Waals surface area contributed by atoms with E-state index in [2.05, 4.69) is 165 Å². The van der Waals surface area contributed by atoms with Gasteiger partial charge in [0, 0.05) is 78.2 Å². The molecule has 5 nitrogen and oxygen atoms in total. The number of benzene rings is 8. The maximum absolute atomic E-state index is 9.34. The van der Waals surface area contributed by atoms with Crippen molar-refractivity contribution >= 4 is 34.3 Å². The van der Waals surface area contributed by atoms with Crippen LogP contribution in [0.4, 0.5) is 34.3 Å². The minimum absolute atomic E-state index is 0. The van der Waals surface area contributed by atoms with E-state index in [-0.39, 0.29) is 101 Å². The van der Waals surface area contributed by atoms with Gasteiger partial charge in [-0.1, -0.05) is 237 Å². The van der Waals surface area contributed by atoms with Crippen molar-refractivity contribution in [3.05, 3.63) is 228 Å². The van der Waals surface area contributed by atoms with Gasteiger partial charge in [0.05, 0.1) is 12.3 Å². The van der Waals surface area contributed by atoms with E-state index in [0.29, 0.717) is 39.8 Å². The number of fused-ring (bicyclic) bond motifs is 2. The summed E-state index contributed by atoms with van der Waals surface area (Å²) in [5.41, 5.74) is 13.9. The van der Waals surface area contributed by atoms with E-state index in [9.17, 15) is 5.48 Å². The first kappa shape index (κ1) is 49.1. The molecule has 1 N–H and O–H groups in total. The number of aromatic nitrogens is 1. The van der Waals surface area contributed by atoms with Crippen LogP contribution in [0.2, 0.25) is 0 Å². The molecule has 1 aliphatic carbocycles. The molecule has 0 saturated carbocycles. The van der Waals surface area contributed by atoms with Gasteiger partial charge >= 0.3 is 0 Å². The first-order valence-electron chi connectivity index (χ1n) is 33.6. The van der Waals surface area contributed by atoms with Crippen molar-refractivity contribution in [3.8, 4) is 56.0 Å². The number of para-hydroxylation sites is 4. The van der Waals surface area contributed by atoms with Crippen molar-refractivity contribution in [2.24, 2.45) is 0 Å². The van der Waals surface area contributed by atoms with Crippen LogP contribution < -0.4 is 19.9 Å². The third-order valence-corrected chi connectivity index (χ3v) is 16.7. The molecular formula is C78H83N4OPt-3. The van der Waals surface area contributed by atoms with E-state index in [0.717, 1.165) is 68.7 Å². The largest absolute Gasteiger partial charge is 0.509 e. The molecule has 0 amide bonds. The van der Waals surface area contributed by atoms with E-state index in [1.165, 1.54) is 11.1 Å². The Morgan fingerprint density at radius 1 is 0.560 bits per heavy atom. The molecule has 2 heterocycles. The van der Waals surface area contributed by atoms with Crippen LogP contribution in [-0.4, -0.2) is 4.98 Å². The molecule has 0 spiro atoms. The molecule has 1 aliphatic heterocycles. The third-order valence-electron chi connectivity index (χ3n) is 16.7. The molecule has 11 rings (SSSR count). The fourth-order valence-electron chi connectivity index (χ4n) is 11.8. The Balaban J connectivity index is 0.00000946. The Morgan fingerprint density at radius 3 is 1.81 bits per heavy atom. The quantitative estimate of drug-likeness (QED) is 0.138. The van der Waals surface area contributed by atoms with Gasteiger partial charge < -0.3 is 19.9 Å². The van der Waals surface area contributed by atoms with Crippen LogP contribution in [0.1, 0.15) is 169 Å². The minimum atomic E-state index is -0.465. The van der Waals surface area contributed by atoms with Crippen LogP contribution in [0.25, 0.3) is 44.5 Å². The first-order valence-corrected chi connectivity index (χ1v) is 29.1. The molecule has 434 valence electrons. The van der Waals surface area contributed by atoms with Gasteiger partial charge in [0.1, 0.15) is 5.82 Å². The number of pyridine rings is 1. The van der Waals surface area contributed by atoms with E-state index in [1.54, 1.807) is 18.2 Å². The summed E-state index contributed by atoms with van der Waals surface area (Å²) in [6, 6.07) is 42.2. The van der Waals surface area contributed by atoms with Gasteiger partial charge in [-0.3, -0.25) is 0 Å². The minimum Gasteiger partial charge on any atom is -0.509 e. The Bertz CT molecular complexity index is 4370. The number of nitrogens with zero attached hydrogens (tertiary/aromatic N) is 3. The summed E-state index contributed by atoms with van der Waals surface area (Å²) >= 11 is 0. The summed E-state index contributed by atoms with van der Waals surface area (Å²) in [7, 11) is 0. The van der Waals surface area contributed by atoms with Crippen LogP contribution >= 0.6 is 0 Å².